The van der Waals surface area contributed by atoms with Crippen molar-refractivity contribution in [3.8, 4) is 11.5 Å². The van der Waals surface area contributed by atoms with Crippen LogP contribution in [0.4, 0.5) is 4.79 Å². The van der Waals surface area contributed by atoms with Crippen molar-refractivity contribution in [3.05, 3.63) is 95.6 Å². The Morgan fingerprint density at radius 3 is 2.14 bits per heavy atom. The minimum Gasteiger partial charge on any atom is -0.486 e. The van der Waals surface area contributed by atoms with Crippen molar-refractivity contribution in [2.24, 2.45) is 0 Å². The van der Waals surface area contributed by atoms with E-state index in [0.29, 0.717) is 42.4 Å². The summed E-state index contributed by atoms with van der Waals surface area (Å²) in [6, 6.07) is 23.0. The fourth-order valence-electron chi connectivity index (χ4n) is 4.46. The zero-order valence-corrected chi connectivity index (χ0v) is 19.3. The first-order valence-electron chi connectivity index (χ1n) is 11.4. The van der Waals surface area contributed by atoms with Gasteiger partial charge in [-0.1, -0.05) is 66.7 Å². The zero-order valence-electron chi connectivity index (χ0n) is 19.3. The number of carbonyl (C=O) groups excluding carboxylic acids is 3. The van der Waals surface area contributed by atoms with Gasteiger partial charge < -0.3 is 19.7 Å². The molecule has 8 heteroatoms. The van der Waals surface area contributed by atoms with Crippen molar-refractivity contribution < 1.29 is 23.9 Å². The molecule has 0 unspecified atom stereocenters. The van der Waals surface area contributed by atoms with Crippen molar-refractivity contribution >= 4 is 17.8 Å². The molecular weight excluding hydrogens is 446 g/mol. The third-order valence-electron chi connectivity index (χ3n) is 6.26. The summed E-state index contributed by atoms with van der Waals surface area (Å²) in [4.78, 5) is 42.3. The average Bonchev–Trinajstić information content (AvgIpc) is 3.15. The first-order chi connectivity index (χ1) is 17.0. The molecule has 0 spiro atoms. The van der Waals surface area contributed by atoms with E-state index in [4.69, 9.17) is 9.47 Å². The van der Waals surface area contributed by atoms with Gasteiger partial charge in [0.1, 0.15) is 19.8 Å². The summed E-state index contributed by atoms with van der Waals surface area (Å²) in [5.41, 5.74) is 0.715. The number of fused-ring (bicyclic) bond motifs is 1. The van der Waals surface area contributed by atoms with Gasteiger partial charge in [0.15, 0.2) is 17.0 Å². The highest BCUT2D eigenvalue weighted by Crippen LogP contribution is 2.36. The molecule has 0 atom stereocenters. The molecule has 0 aliphatic carbocycles. The second-order valence-corrected chi connectivity index (χ2v) is 8.53. The SMILES string of the molecule is CN(Cc1ccc2c(c1)OCCO2)C(=O)CN1C(=O)NC(c2ccccc2)(c2ccccc2)C1=O. The Labute approximate surface area is 203 Å². The number of hydrogen-bond acceptors (Lipinski definition) is 5. The van der Waals surface area contributed by atoms with Crippen molar-refractivity contribution in [2.75, 3.05) is 26.8 Å². The Morgan fingerprint density at radius 1 is 0.914 bits per heavy atom. The van der Waals surface area contributed by atoms with E-state index in [1.165, 1.54) is 4.90 Å². The van der Waals surface area contributed by atoms with Crippen LogP contribution in [-0.2, 0) is 21.7 Å². The van der Waals surface area contributed by atoms with Gasteiger partial charge in [-0.25, -0.2) is 4.79 Å². The number of nitrogens with zero attached hydrogens (tertiary/aromatic N) is 2. The van der Waals surface area contributed by atoms with Crippen LogP contribution in [0.5, 0.6) is 11.5 Å². The van der Waals surface area contributed by atoms with Crippen LogP contribution in [0.15, 0.2) is 78.9 Å². The molecule has 1 saturated heterocycles. The van der Waals surface area contributed by atoms with Crippen LogP contribution < -0.4 is 14.8 Å². The summed E-state index contributed by atoms with van der Waals surface area (Å²) in [6.07, 6.45) is 0. The van der Waals surface area contributed by atoms with Gasteiger partial charge in [0.25, 0.3) is 5.91 Å². The summed E-state index contributed by atoms with van der Waals surface area (Å²) in [6.45, 7) is 0.904. The third kappa shape index (κ3) is 4.07. The molecule has 0 saturated carbocycles. The number of hydrogen-bond donors (Lipinski definition) is 1. The molecule has 178 valence electrons. The minimum absolute atomic E-state index is 0.293. The second-order valence-electron chi connectivity index (χ2n) is 8.53. The molecule has 1 fully saturated rings. The summed E-state index contributed by atoms with van der Waals surface area (Å²) in [7, 11) is 1.64. The number of rotatable bonds is 6. The predicted octanol–water partition coefficient (Wildman–Crippen LogP) is 2.91. The van der Waals surface area contributed by atoms with E-state index in [1.807, 2.05) is 54.6 Å². The van der Waals surface area contributed by atoms with Crippen LogP contribution in [-0.4, -0.2) is 54.5 Å². The summed E-state index contributed by atoms with van der Waals surface area (Å²) < 4.78 is 11.2. The molecule has 0 bridgehead atoms. The third-order valence-corrected chi connectivity index (χ3v) is 6.26. The molecular formula is C27H25N3O5. The molecule has 0 aromatic heterocycles. The van der Waals surface area contributed by atoms with Crippen LogP contribution in [0.3, 0.4) is 0 Å². The van der Waals surface area contributed by atoms with Crippen LogP contribution in [0.2, 0.25) is 0 Å². The average molecular weight is 472 g/mol. The predicted molar refractivity (Wildman–Crippen MR) is 128 cm³/mol. The van der Waals surface area contributed by atoms with E-state index >= 15 is 0 Å². The lowest BCUT2D eigenvalue weighted by molar-refractivity contribution is -0.138. The molecule has 3 aromatic rings. The highest BCUT2D eigenvalue weighted by Gasteiger charge is 2.54. The first kappa shape index (κ1) is 22.5. The lowest BCUT2D eigenvalue weighted by Crippen LogP contribution is -2.46. The largest absolute Gasteiger partial charge is 0.486 e. The van der Waals surface area contributed by atoms with E-state index in [0.717, 1.165) is 10.5 Å². The Morgan fingerprint density at radius 2 is 1.51 bits per heavy atom. The number of likely N-dealkylation sites (N-methyl/N-ethyl adjacent to an activating group) is 1. The molecule has 3 aromatic carbocycles. The molecule has 1 N–H and O–H groups in total. The van der Waals surface area contributed by atoms with Gasteiger partial charge >= 0.3 is 6.03 Å². The van der Waals surface area contributed by atoms with Gasteiger partial charge in [0.05, 0.1) is 0 Å². The number of imide groups is 1. The Bertz CT molecular complexity index is 1220. The van der Waals surface area contributed by atoms with E-state index in [1.54, 1.807) is 31.3 Å². The van der Waals surface area contributed by atoms with E-state index in [2.05, 4.69) is 5.32 Å². The molecule has 5 rings (SSSR count). The summed E-state index contributed by atoms with van der Waals surface area (Å²) in [5.74, 6) is 0.465. The maximum Gasteiger partial charge on any atom is 0.326 e. The quantitative estimate of drug-likeness (QED) is 0.559. The number of urea groups is 1. The molecule has 0 radical (unpaired) electrons. The van der Waals surface area contributed by atoms with Gasteiger partial charge in [0.2, 0.25) is 5.91 Å². The Hall–Kier alpha value is -4.33. The smallest absolute Gasteiger partial charge is 0.326 e. The lowest BCUT2D eigenvalue weighted by Gasteiger charge is -2.28. The highest BCUT2D eigenvalue weighted by atomic mass is 16.6. The molecule has 35 heavy (non-hydrogen) atoms. The maximum absolute atomic E-state index is 13.8. The maximum atomic E-state index is 13.8. The van der Waals surface area contributed by atoms with E-state index in [9.17, 15) is 14.4 Å². The normalized spacial score (nSPS) is 16.1. The molecule has 2 heterocycles. The fraction of sp³-hybridized carbons (Fsp3) is 0.222. The zero-order chi connectivity index (χ0) is 24.4. The van der Waals surface area contributed by atoms with Gasteiger partial charge in [-0.15, -0.1) is 0 Å². The minimum atomic E-state index is -1.39. The Balaban J connectivity index is 1.36. The second kappa shape index (κ2) is 9.13. The number of amides is 4. The van der Waals surface area contributed by atoms with Crippen molar-refractivity contribution in [2.45, 2.75) is 12.1 Å². The Kier molecular flexibility index (Phi) is 5.86. The monoisotopic (exact) mass is 471 g/mol. The molecule has 4 amide bonds. The van der Waals surface area contributed by atoms with Gasteiger partial charge in [-0.3, -0.25) is 14.5 Å². The van der Waals surface area contributed by atoms with Gasteiger partial charge in [0, 0.05) is 13.6 Å². The van der Waals surface area contributed by atoms with E-state index < -0.39 is 17.5 Å². The number of benzene rings is 3. The van der Waals surface area contributed by atoms with Crippen molar-refractivity contribution in [1.29, 1.82) is 0 Å². The standard InChI is InChI=1S/C27H25N3O5/c1-29(17-19-12-13-22-23(16-19)35-15-14-34-22)24(31)18-30-25(32)27(28-26(30)33,20-8-4-2-5-9-20)21-10-6-3-7-11-21/h2-13,16H,14-15,17-18H2,1H3,(H,28,33). The molecule has 2 aliphatic rings. The van der Waals surface area contributed by atoms with Gasteiger partial charge in [-0.2, -0.15) is 0 Å². The number of carbonyl (C=O) groups is 3. The van der Waals surface area contributed by atoms with Crippen LogP contribution in [0, 0.1) is 0 Å². The first-order valence-corrected chi connectivity index (χ1v) is 11.4. The lowest BCUT2D eigenvalue weighted by atomic mass is 9.82. The topological polar surface area (TPSA) is 88.2 Å². The summed E-state index contributed by atoms with van der Waals surface area (Å²) in [5, 5.41) is 2.86. The van der Waals surface area contributed by atoms with Crippen LogP contribution >= 0.6 is 0 Å². The number of nitrogens with one attached hydrogen (secondary N) is 1. The van der Waals surface area contributed by atoms with Crippen LogP contribution in [0.1, 0.15) is 16.7 Å². The number of ether oxygens (including phenoxy) is 2. The van der Waals surface area contributed by atoms with Crippen molar-refractivity contribution in [3.63, 3.8) is 0 Å². The van der Waals surface area contributed by atoms with Crippen molar-refractivity contribution in [1.82, 2.24) is 15.1 Å². The van der Waals surface area contributed by atoms with Crippen LogP contribution in [0.25, 0.3) is 0 Å². The van der Waals surface area contributed by atoms with E-state index in [-0.39, 0.29) is 12.5 Å². The molecule has 2 aliphatic heterocycles. The fourth-order valence-corrected chi connectivity index (χ4v) is 4.46. The highest BCUT2D eigenvalue weighted by molar-refractivity contribution is 6.11. The van der Waals surface area contributed by atoms with Gasteiger partial charge in [-0.05, 0) is 28.8 Å². The molecule has 8 nitrogen and oxygen atoms in total. The summed E-state index contributed by atoms with van der Waals surface area (Å²) >= 11 is 0.